The Morgan fingerprint density at radius 1 is 0.800 bits per heavy atom. The zero-order valence-corrected chi connectivity index (χ0v) is 15.9. The van der Waals surface area contributed by atoms with Crippen molar-refractivity contribution < 1.29 is 4.57 Å². The van der Waals surface area contributed by atoms with E-state index in [-0.39, 0.29) is 0 Å². The van der Waals surface area contributed by atoms with E-state index in [1.165, 1.54) is 55.6 Å². The molecule has 4 rings (SSSR count). The van der Waals surface area contributed by atoms with Crippen molar-refractivity contribution in [2.45, 2.75) is 34.6 Å². The van der Waals surface area contributed by atoms with E-state index in [9.17, 15) is 0 Å². The maximum Gasteiger partial charge on any atom is 0.287 e. The molecule has 2 aromatic heterocycles. The van der Waals surface area contributed by atoms with E-state index in [1.54, 1.807) is 0 Å². The van der Waals surface area contributed by atoms with Crippen LogP contribution in [0.15, 0.2) is 42.5 Å². The number of aromatic nitrogens is 2. The molecule has 0 aliphatic rings. The molecule has 0 radical (unpaired) electrons. The highest BCUT2D eigenvalue weighted by Crippen LogP contribution is 2.35. The molecule has 0 amide bonds. The van der Waals surface area contributed by atoms with Crippen molar-refractivity contribution in [1.29, 1.82) is 0 Å². The largest absolute Gasteiger partial charge is 0.287 e. The average Bonchev–Trinajstić information content (AvgIpc) is 2.90. The number of aryl methyl sites for hydroxylation is 4. The van der Waals surface area contributed by atoms with E-state index >= 15 is 0 Å². The highest BCUT2D eigenvalue weighted by atomic mass is 15.1. The lowest BCUT2D eigenvalue weighted by atomic mass is 10.00. The molecule has 2 aromatic carbocycles. The molecular weight excluding hydrogens is 304 g/mol. The normalized spacial score (nSPS) is 11.6. The van der Waals surface area contributed by atoms with Crippen molar-refractivity contribution in [3.63, 3.8) is 0 Å². The lowest BCUT2D eigenvalue weighted by Gasteiger charge is -2.10. The van der Waals surface area contributed by atoms with Gasteiger partial charge in [0.05, 0.1) is 7.05 Å². The first kappa shape index (κ1) is 15.9. The Balaban J connectivity index is 2.29. The van der Waals surface area contributed by atoms with Gasteiger partial charge in [0.25, 0.3) is 5.82 Å². The Morgan fingerprint density at radius 3 is 2.28 bits per heavy atom. The summed E-state index contributed by atoms with van der Waals surface area (Å²) in [6, 6.07) is 15.6. The number of benzene rings is 2. The first-order chi connectivity index (χ1) is 11.9. The molecule has 0 aliphatic heterocycles. The maximum absolute atomic E-state index is 2.44. The highest BCUT2D eigenvalue weighted by Gasteiger charge is 2.24. The zero-order chi connectivity index (χ0) is 17.9. The van der Waals surface area contributed by atoms with Crippen LogP contribution < -0.4 is 4.57 Å². The fourth-order valence-corrected chi connectivity index (χ4v) is 3.98. The van der Waals surface area contributed by atoms with E-state index in [4.69, 9.17) is 0 Å². The fourth-order valence-electron chi connectivity index (χ4n) is 3.98. The van der Waals surface area contributed by atoms with Gasteiger partial charge in [0, 0.05) is 22.4 Å². The third kappa shape index (κ3) is 2.21. The molecule has 2 heteroatoms. The number of hydrogen-bond donors (Lipinski definition) is 0. The summed E-state index contributed by atoms with van der Waals surface area (Å²) in [5.74, 6) is 1.22. The Kier molecular flexibility index (Phi) is 3.47. The topological polar surface area (TPSA) is 8.81 Å². The molecule has 2 heterocycles. The second-order valence-electron chi connectivity index (χ2n) is 7.28. The molecule has 0 saturated heterocycles. The minimum atomic E-state index is 1.22. The molecule has 126 valence electrons. The van der Waals surface area contributed by atoms with Crippen LogP contribution in [0, 0.1) is 34.6 Å². The van der Waals surface area contributed by atoms with Crippen LogP contribution in [0.1, 0.15) is 27.9 Å². The van der Waals surface area contributed by atoms with Crippen LogP contribution in [0.25, 0.3) is 27.6 Å². The molecule has 0 spiro atoms. The van der Waals surface area contributed by atoms with Crippen molar-refractivity contribution in [1.82, 2.24) is 4.57 Å². The van der Waals surface area contributed by atoms with Crippen molar-refractivity contribution in [2.24, 2.45) is 7.05 Å². The maximum atomic E-state index is 2.44. The van der Waals surface area contributed by atoms with Crippen LogP contribution in [0.5, 0.6) is 0 Å². The van der Waals surface area contributed by atoms with Gasteiger partial charge in [-0.25, -0.2) is 4.57 Å². The van der Waals surface area contributed by atoms with E-state index < -0.39 is 0 Å². The van der Waals surface area contributed by atoms with Gasteiger partial charge in [-0.3, -0.25) is 0 Å². The van der Waals surface area contributed by atoms with Gasteiger partial charge in [0.2, 0.25) is 0 Å². The zero-order valence-electron chi connectivity index (χ0n) is 15.9. The second-order valence-corrected chi connectivity index (χ2v) is 7.28. The monoisotopic (exact) mass is 329 g/mol. The molecule has 0 unspecified atom stereocenters. The minimum Gasteiger partial charge on any atom is -0.234 e. The first-order valence-electron chi connectivity index (χ1n) is 8.87. The van der Waals surface area contributed by atoms with Gasteiger partial charge in [0.1, 0.15) is 16.7 Å². The van der Waals surface area contributed by atoms with Gasteiger partial charge < -0.3 is 0 Å². The van der Waals surface area contributed by atoms with Crippen molar-refractivity contribution >= 4 is 21.8 Å². The van der Waals surface area contributed by atoms with Gasteiger partial charge in [-0.15, -0.1) is 0 Å². The Morgan fingerprint density at radius 2 is 1.52 bits per heavy atom. The summed E-state index contributed by atoms with van der Waals surface area (Å²) < 4.78 is 4.72. The number of rotatable bonds is 1. The molecular formula is C23H25N2+. The van der Waals surface area contributed by atoms with Crippen LogP contribution in [-0.4, -0.2) is 4.57 Å². The standard InChI is InChI=1S/C23H25N2/c1-14-11-16(3)24(6)22(12-14)25-21-10-8-7-9-19(21)20-13-15(2)17(4)18(5)23(20)25/h7-13H,1-6H3/q+1. The number of fused-ring (bicyclic) bond motifs is 3. The minimum absolute atomic E-state index is 1.22. The Bertz CT molecular complexity index is 1150. The molecule has 0 atom stereocenters. The lowest BCUT2D eigenvalue weighted by Crippen LogP contribution is -2.37. The predicted molar refractivity (Wildman–Crippen MR) is 106 cm³/mol. The summed E-state index contributed by atoms with van der Waals surface area (Å²) in [6.07, 6.45) is 0. The summed E-state index contributed by atoms with van der Waals surface area (Å²) in [6.45, 7) is 11.0. The lowest BCUT2D eigenvalue weighted by molar-refractivity contribution is -0.671. The SMILES string of the molecule is Cc1cc(C)[n+](C)c(-n2c3ccccc3c3cc(C)c(C)c(C)c32)c1. The fraction of sp³-hybridized carbons (Fsp3) is 0.261. The molecule has 0 aliphatic carbocycles. The smallest absolute Gasteiger partial charge is 0.234 e. The summed E-state index contributed by atoms with van der Waals surface area (Å²) in [5, 5.41) is 2.67. The summed E-state index contributed by atoms with van der Waals surface area (Å²) in [5.41, 5.74) is 9.25. The number of hydrogen-bond acceptors (Lipinski definition) is 0. The molecule has 4 aromatic rings. The molecule has 0 N–H and O–H groups in total. The quantitative estimate of drug-likeness (QED) is 0.427. The van der Waals surface area contributed by atoms with E-state index in [2.05, 4.69) is 93.3 Å². The van der Waals surface area contributed by atoms with E-state index in [0.29, 0.717) is 0 Å². The van der Waals surface area contributed by atoms with Crippen LogP contribution in [-0.2, 0) is 7.05 Å². The summed E-state index contributed by atoms with van der Waals surface area (Å²) in [4.78, 5) is 0. The molecule has 0 bridgehead atoms. The van der Waals surface area contributed by atoms with Crippen LogP contribution in [0.3, 0.4) is 0 Å². The van der Waals surface area contributed by atoms with Gasteiger partial charge in [-0.05, 0) is 75.6 Å². The summed E-state index contributed by atoms with van der Waals surface area (Å²) in [7, 11) is 2.15. The highest BCUT2D eigenvalue weighted by molar-refractivity contribution is 6.10. The Labute approximate surface area is 149 Å². The first-order valence-corrected chi connectivity index (χ1v) is 8.87. The third-order valence-corrected chi connectivity index (χ3v) is 5.68. The van der Waals surface area contributed by atoms with Gasteiger partial charge in [-0.2, -0.15) is 4.57 Å². The van der Waals surface area contributed by atoms with Crippen molar-refractivity contribution in [2.75, 3.05) is 0 Å². The third-order valence-electron chi connectivity index (χ3n) is 5.68. The Hall–Kier alpha value is -2.61. The molecule has 25 heavy (non-hydrogen) atoms. The van der Waals surface area contributed by atoms with E-state index in [0.717, 1.165) is 0 Å². The van der Waals surface area contributed by atoms with Crippen molar-refractivity contribution in [3.8, 4) is 5.82 Å². The second kappa shape index (κ2) is 5.45. The van der Waals surface area contributed by atoms with Crippen LogP contribution in [0.2, 0.25) is 0 Å². The van der Waals surface area contributed by atoms with E-state index in [1.807, 2.05) is 0 Å². The predicted octanol–water partition coefficient (Wildman–Crippen LogP) is 5.15. The molecule has 0 fully saturated rings. The summed E-state index contributed by atoms with van der Waals surface area (Å²) >= 11 is 0. The molecule has 0 saturated carbocycles. The van der Waals surface area contributed by atoms with Gasteiger partial charge >= 0.3 is 0 Å². The number of nitrogens with zero attached hydrogens (tertiary/aromatic N) is 2. The average molecular weight is 329 g/mol. The van der Waals surface area contributed by atoms with Gasteiger partial charge in [0.15, 0.2) is 0 Å². The van der Waals surface area contributed by atoms with Gasteiger partial charge in [-0.1, -0.05) is 12.1 Å². The van der Waals surface area contributed by atoms with Crippen LogP contribution in [0.4, 0.5) is 0 Å². The molecule has 2 nitrogen and oxygen atoms in total. The van der Waals surface area contributed by atoms with Crippen molar-refractivity contribution in [3.05, 3.63) is 70.4 Å². The number of pyridine rings is 1. The van der Waals surface area contributed by atoms with Crippen LogP contribution >= 0.6 is 0 Å². The number of para-hydroxylation sites is 1.